The average molecular weight is 591 g/mol. The molecule has 1 aliphatic rings. The maximum atomic E-state index is 12.9. The number of amides is 2. The molecule has 7 heteroatoms. The molecule has 0 atom stereocenters. The second-order valence-electron chi connectivity index (χ2n) is 11.4. The first-order valence-corrected chi connectivity index (χ1v) is 15.8. The molecule has 0 saturated carbocycles. The molecule has 0 aromatic heterocycles. The zero-order chi connectivity index (χ0) is 29.8. The molecule has 42 heavy (non-hydrogen) atoms. The minimum atomic E-state index is -0.804. The lowest BCUT2D eigenvalue weighted by molar-refractivity contribution is -0.0262. The zero-order valence-corrected chi connectivity index (χ0v) is 26.0. The van der Waals surface area contributed by atoms with Crippen LogP contribution in [0.2, 0.25) is 5.02 Å². The molecule has 0 spiro atoms. The predicted molar refractivity (Wildman–Crippen MR) is 173 cm³/mol. The number of carbonyl (C=O) groups is 1. The van der Waals surface area contributed by atoms with Crippen LogP contribution in [-0.2, 0) is 11.0 Å². The summed E-state index contributed by atoms with van der Waals surface area (Å²) in [5.74, 6) is 0. The monoisotopic (exact) mass is 590 g/mol. The van der Waals surface area contributed by atoms with Gasteiger partial charge in [0, 0.05) is 43.2 Å². The van der Waals surface area contributed by atoms with Crippen molar-refractivity contribution in [1.82, 2.24) is 20.4 Å². The van der Waals surface area contributed by atoms with E-state index in [2.05, 4.69) is 82.8 Å². The summed E-state index contributed by atoms with van der Waals surface area (Å²) < 4.78 is 0. The quantitative estimate of drug-likeness (QED) is 0.214. The molecule has 0 unspecified atom stereocenters. The number of aliphatic hydroxyl groups is 1. The van der Waals surface area contributed by atoms with Gasteiger partial charge in [-0.2, -0.15) is 0 Å². The third kappa shape index (κ3) is 8.35. The number of urea groups is 1. The van der Waals surface area contributed by atoms with Gasteiger partial charge in [-0.25, -0.2) is 4.79 Å². The molecule has 1 saturated heterocycles. The van der Waals surface area contributed by atoms with Crippen LogP contribution in [-0.4, -0.2) is 73.3 Å². The molecular weight excluding hydrogens is 544 g/mol. The van der Waals surface area contributed by atoms with E-state index in [-0.39, 0.29) is 11.4 Å². The summed E-state index contributed by atoms with van der Waals surface area (Å²) in [6.45, 7) is 10.8. The lowest BCUT2D eigenvalue weighted by Gasteiger charge is -2.40. The molecule has 4 rings (SSSR count). The molecule has 3 aromatic carbocycles. The number of carbonyl (C=O) groups excluding carboxylic acids is 1. The second kappa shape index (κ2) is 15.5. The van der Waals surface area contributed by atoms with E-state index in [4.69, 9.17) is 11.6 Å². The molecule has 2 amide bonds. The summed E-state index contributed by atoms with van der Waals surface area (Å²) in [6, 6.07) is 28.6. The van der Waals surface area contributed by atoms with E-state index in [0.29, 0.717) is 31.0 Å². The molecule has 6 nitrogen and oxygen atoms in total. The zero-order valence-electron chi connectivity index (χ0n) is 25.2. The van der Waals surface area contributed by atoms with E-state index in [1.165, 1.54) is 11.1 Å². The number of hydrogen-bond acceptors (Lipinski definition) is 4. The average Bonchev–Trinajstić information content (AvgIpc) is 3.03. The van der Waals surface area contributed by atoms with Crippen molar-refractivity contribution in [2.45, 2.75) is 50.5 Å². The highest BCUT2D eigenvalue weighted by Gasteiger charge is 2.36. The molecule has 1 aliphatic heterocycles. The Labute approximate surface area is 257 Å². The number of rotatable bonds is 14. The van der Waals surface area contributed by atoms with Crippen molar-refractivity contribution in [3.05, 3.63) is 107 Å². The lowest BCUT2D eigenvalue weighted by atomic mass is 9.71. The minimum absolute atomic E-state index is 0.129. The first-order valence-electron chi connectivity index (χ1n) is 15.4. The van der Waals surface area contributed by atoms with E-state index >= 15 is 0 Å². The number of nitrogens with one attached hydrogen (secondary N) is 2. The van der Waals surface area contributed by atoms with Crippen LogP contribution in [0.1, 0.15) is 56.2 Å². The Hall–Kier alpha value is -2.90. The van der Waals surface area contributed by atoms with Crippen LogP contribution in [0.3, 0.4) is 0 Å². The SMILES string of the molecule is CCN(CC)CCNC(=O)NCC(CCCN1CCC(O)(c2ccc(Cl)cc2)CC1)(c1ccccc1)c1ccccc1. The minimum Gasteiger partial charge on any atom is -0.385 e. The number of piperidine rings is 1. The van der Waals surface area contributed by atoms with Crippen LogP contribution >= 0.6 is 11.6 Å². The van der Waals surface area contributed by atoms with Crippen LogP contribution in [0, 0.1) is 0 Å². The van der Waals surface area contributed by atoms with E-state index < -0.39 is 5.60 Å². The van der Waals surface area contributed by atoms with Gasteiger partial charge in [-0.15, -0.1) is 0 Å². The highest BCUT2D eigenvalue weighted by Crippen LogP contribution is 2.38. The number of likely N-dealkylation sites (N-methyl/N-ethyl adjacent to an activating group) is 1. The van der Waals surface area contributed by atoms with Gasteiger partial charge in [0.2, 0.25) is 0 Å². The largest absolute Gasteiger partial charge is 0.385 e. The first-order chi connectivity index (χ1) is 20.4. The Morgan fingerprint density at radius 3 is 2.02 bits per heavy atom. The van der Waals surface area contributed by atoms with Crippen molar-refractivity contribution in [2.24, 2.45) is 0 Å². The second-order valence-corrected chi connectivity index (χ2v) is 11.9. The van der Waals surface area contributed by atoms with Gasteiger partial charge in [0.05, 0.1) is 5.60 Å². The Bertz CT molecular complexity index is 1170. The molecule has 1 heterocycles. The Morgan fingerprint density at radius 1 is 0.905 bits per heavy atom. The Kier molecular flexibility index (Phi) is 11.8. The Balaban J connectivity index is 1.43. The van der Waals surface area contributed by atoms with Gasteiger partial charge in [0.15, 0.2) is 0 Å². The summed E-state index contributed by atoms with van der Waals surface area (Å²) in [5.41, 5.74) is 2.19. The number of halogens is 1. The lowest BCUT2D eigenvalue weighted by Crippen LogP contribution is -2.47. The van der Waals surface area contributed by atoms with Gasteiger partial charge >= 0.3 is 6.03 Å². The van der Waals surface area contributed by atoms with Crippen molar-refractivity contribution in [2.75, 3.05) is 52.4 Å². The topological polar surface area (TPSA) is 67.8 Å². The molecular formula is C35H47ClN4O2. The van der Waals surface area contributed by atoms with E-state index in [1.54, 1.807) is 0 Å². The number of nitrogens with zero attached hydrogens (tertiary/aromatic N) is 2. The Morgan fingerprint density at radius 2 is 1.48 bits per heavy atom. The third-order valence-corrected chi connectivity index (χ3v) is 9.21. The summed E-state index contributed by atoms with van der Waals surface area (Å²) >= 11 is 6.07. The first kappa shape index (κ1) is 32.0. The fraction of sp³-hybridized carbons (Fsp3) is 0.457. The number of hydrogen-bond donors (Lipinski definition) is 3. The van der Waals surface area contributed by atoms with Gasteiger partial charge in [0.1, 0.15) is 0 Å². The van der Waals surface area contributed by atoms with E-state index in [9.17, 15) is 9.90 Å². The standard InChI is InChI=1S/C35H47ClN4O2/c1-3-39(4-2)27-23-37-33(41)38-28-34(29-12-7-5-8-13-29,30-14-9-6-10-15-30)20-11-24-40-25-21-35(42,22-26-40)31-16-18-32(36)19-17-31/h5-10,12-19,42H,3-4,11,20-28H2,1-2H3,(H2,37,38,41). The van der Waals surface area contributed by atoms with Crippen molar-refractivity contribution in [1.29, 1.82) is 0 Å². The summed E-state index contributed by atoms with van der Waals surface area (Å²) in [6.07, 6.45) is 3.26. The molecule has 226 valence electrons. The van der Waals surface area contributed by atoms with Crippen LogP contribution in [0.25, 0.3) is 0 Å². The smallest absolute Gasteiger partial charge is 0.314 e. The van der Waals surface area contributed by atoms with Gasteiger partial charge in [-0.05, 0) is 74.1 Å². The molecule has 3 N–H and O–H groups in total. The summed E-state index contributed by atoms with van der Waals surface area (Å²) in [7, 11) is 0. The van der Waals surface area contributed by atoms with E-state index in [1.807, 2.05) is 36.4 Å². The van der Waals surface area contributed by atoms with Gasteiger partial charge in [-0.1, -0.05) is 98.2 Å². The number of likely N-dealkylation sites (tertiary alicyclic amines) is 1. The van der Waals surface area contributed by atoms with Gasteiger partial charge in [-0.3, -0.25) is 0 Å². The third-order valence-electron chi connectivity index (χ3n) is 8.95. The van der Waals surface area contributed by atoms with E-state index in [0.717, 1.165) is 57.7 Å². The van der Waals surface area contributed by atoms with Crippen LogP contribution < -0.4 is 10.6 Å². The number of benzene rings is 3. The fourth-order valence-corrected chi connectivity index (χ4v) is 6.35. The molecule has 0 radical (unpaired) electrons. The maximum Gasteiger partial charge on any atom is 0.314 e. The highest BCUT2D eigenvalue weighted by atomic mass is 35.5. The van der Waals surface area contributed by atoms with Crippen molar-refractivity contribution < 1.29 is 9.90 Å². The van der Waals surface area contributed by atoms with Gasteiger partial charge < -0.3 is 25.5 Å². The predicted octanol–water partition coefficient (Wildman–Crippen LogP) is 6.03. The highest BCUT2D eigenvalue weighted by molar-refractivity contribution is 6.30. The molecule has 3 aromatic rings. The molecule has 1 fully saturated rings. The van der Waals surface area contributed by atoms with Crippen LogP contribution in [0.15, 0.2) is 84.9 Å². The maximum absolute atomic E-state index is 12.9. The van der Waals surface area contributed by atoms with Crippen LogP contribution in [0.5, 0.6) is 0 Å². The fourth-order valence-electron chi connectivity index (χ4n) is 6.22. The molecule has 0 aliphatic carbocycles. The molecule has 0 bridgehead atoms. The van der Waals surface area contributed by atoms with Gasteiger partial charge in [0.25, 0.3) is 0 Å². The normalized spacial score (nSPS) is 15.5. The van der Waals surface area contributed by atoms with Crippen LogP contribution in [0.4, 0.5) is 4.79 Å². The van der Waals surface area contributed by atoms with Crippen molar-refractivity contribution in [3.63, 3.8) is 0 Å². The summed E-state index contributed by atoms with van der Waals surface area (Å²) in [5, 5.41) is 18.3. The van der Waals surface area contributed by atoms with Crippen molar-refractivity contribution in [3.8, 4) is 0 Å². The summed E-state index contributed by atoms with van der Waals surface area (Å²) in [4.78, 5) is 17.7. The van der Waals surface area contributed by atoms with Crippen molar-refractivity contribution >= 4 is 17.6 Å².